The fourth-order valence-electron chi connectivity index (χ4n) is 5.34. The lowest BCUT2D eigenvalue weighted by Crippen LogP contribution is -2.62. The van der Waals surface area contributed by atoms with E-state index in [1.165, 1.54) is 23.5 Å². The lowest BCUT2D eigenvalue weighted by molar-refractivity contribution is 0.0557. The molecule has 3 aromatic carbocycles. The Bertz CT molecular complexity index is 1480. The predicted octanol–water partition coefficient (Wildman–Crippen LogP) is 5.34. The van der Waals surface area contributed by atoms with Gasteiger partial charge in [0.1, 0.15) is 5.82 Å². The molecule has 3 heterocycles. The third-order valence-electron chi connectivity index (χ3n) is 7.42. The summed E-state index contributed by atoms with van der Waals surface area (Å²) in [7, 11) is 0. The second-order valence-corrected chi connectivity index (χ2v) is 11.0. The van der Waals surface area contributed by atoms with Crippen LogP contribution in [-0.4, -0.2) is 59.9 Å². The molecule has 2 fully saturated rings. The Labute approximate surface area is 219 Å². The van der Waals surface area contributed by atoms with E-state index in [0.29, 0.717) is 19.6 Å². The van der Waals surface area contributed by atoms with Crippen LogP contribution in [0.25, 0.3) is 21.2 Å². The summed E-state index contributed by atoms with van der Waals surface area (Å²) >= 11 is 1.52. The number of amides is 2. The third-order valence-corrected chi connectivity index (χ3v) is 8.69. The normalized spacial score (nSPS) is 17.8. The highest BCUT2D eigenvalue weighted by molar-refractivity contribution is 7.21. The standard InChI is InChI=1S/C30H28FN3O2S/c1-19-26-15-22(21-8-5-9-23(31)14-21)10-11-27(26)37-28(19)30(36)34-17-25(18-34)32-24-12-13-33(16-24)29(35)20-6-3-2-4-7-20/h2-11,14-15,24-25,32H,12-13,16-18H2,1H3. The maximum absolute atomic E-state index is 13.7. The lowest BCUT2D eigenvalue weighted by atomic mass is 10.0. The molecule has 7 heteroatoms. The van der Waals surface area contributed by atoms with Gasteiger partial charge in [-0.2, -0.15) is 0 Å². The minimum absolute atomic E-state index is 0.0661. The van der Waals surface area contributed by atoms with E-state index >= 15 is 0 Å². The van der Waals surface area contributed by atoms with Crippen LogP contribution in [0.5, 0.6) is 0 Å². The van der Waals surface area contributed by atoms with E-state index < -0.39 is 0 Å². The first-order valence-electron chi connectivity index (χ1n) is 12.6. The average Bonchev–Trinajstić information content (AvgIpc) is 3.50. The highest BCUT2D eigenvalue weighted by Crippen LogP contribution is 2.35. The number of likely N-dealkylation sites (tertiary alicyclic amines) is 2. The van der Waals surface area contributed by atoms with Gasteiger partial charge in [-0.25, -0.2) is 4.39 Å². The van der Waals surface area contributed by atoms with Gasteiger partial charge in [0, 0.05) is 48.5 Å². The van der Waals surface area contributed by atoms with Crippen molar-refractivity contribution < 1.29 is 14.0 Å². The zero-order valence-corrected chi connectivity index (χ0v) is 21.4. The number of aryl methyl sites for hydroxylation is 1. The van der Waals surface area contributed by atoms with Crippen LogP contribution < -0.4 is 5.32 Å². The molecular weight excluding hydrogens is 485 g/mol. The average molecular weight is 514 g/mol. The number of fused-ring (bicyclic) bond motifs is 1. The summed E-state index contributed by atoms with van der Waals surface area (Å²) in [5, 5.41) is 4.69. The molecule has 1 aromatic heterocycles. The molecule has 0 saturated carbocycles. The molecule has 188 valence electrons. The zero-order valence-electron chi connectivity index (χ0n) is 20.6. The summed E-state index contributed by atoms with van der Waals surface area (Å²) in [6.07, 6.45) is 0.923. The van der Waals surface area contributed by atoms with Crippen LogP contribution in [0.15, 0.2) is 72.8 Å². The van der Waals surface area contributed by atoms with Crippen LogP contribution in [0, 0.1) is 12.7 Å². The Kier molecular flexibility index (Phi) is 6.26. The Morgan fingerprint density at radius 2 is 1.62 bits per heavy atom. The summed E-state index contributed by atoms with van der Waals surface area (Å²) in [6, 6.07) is 22.5. The highest BCUT2D eigenvalue weighted by atomic mass is 32.1. The molecule has 0 spiro atoms. The van der Waals surface area contributed by atoms with Crippen LogP contribution in [0.3, 0.4) is 0 Å². The first-order chi connectivity index (χ1) is 18.0. The van der Waals surface area contributed by atoms with Gasteiger partial charge in [0.25, 0.3) is 11.8 Å². The number of halogens is 1. The number of carbonyl (C=O) groups excluding carboxylic acids is 2. The largest absolute Gasteiger partial charge is 0.337 e. The van der Waals surface area contributed by atoms with Crippen molar-refractivity contribution in [1.82, 2.24) is 15.1 Å². The molecule has 1 atom stereocenters. The summed E-state index contributed by atoms with van der Waals surface area (Å²) in [4.78, 5) is 30.6. The molecule has 37 heavy (non-hydrogen) atoms. The molecular formula is C30H28FN3O2S. The molecule has 2 amide bonds. The summed E-state index contributed by atoms with van der Waals surface area (Å²) in [6.45, 7) is 4.78. The van der Waals surface area contributed by atoms with Gasteiger partial charge in [-0.05, 0) is 71.8 Å². The van der Waals surface area contributed by atoms with Gasteiger partial charge in [0.15, 0.2) is 0 Å². The number of rotatable bonds is 5. The van der Waals surface area contributed by atoms with E-state index in [1.54, 1.807) is 6.07 Å². The van der Waals surface area contributed by atoms with Crippen molar-refractivity contribution in [3.63, 3.8) is 0 Å². The number of thiophene rings is 1. The second kappa shape index (κ2) is 9.72. The number of hydrogen-bond acceptors (Lipinski definition) is 4. The molecule has 4 aromatic rings. The van der Waals surface area contributed by atoms with Gasteiger partial charge in [0.05, 0.1) is 4.88 Å². The molecule has 5 nitrogen and oxygen atoms in total. The Hall–Kier alpha value is -3.55. The van der Waals surface area contributed by atoms with Gasteiger partial charge in [-0.1, -0.05) is 36.4 Å². The molecule has 0 bridgehead atoms. The Balaban J connectivity index is 1.07. The minimum Gasteiger partial charge on any atom is -0.337 e. The predicted molar refractivity (Wildman–Crippen MR) is 146 cm³/mol. The van der Waals surface area contributed by atoms with Crippen molar-refractivity contribution in [3.05, 3.63) is 94.6 Å². The minimum atomic E-state index is -0.260. The molecule has 0 radical (unpaired) electrons. The van der Waals surface area contributed by atoms with Crippen molar-refractivity contribution in [2.75, 3.05) is 26.2 Å². The maximum atomic E-state index is 13.7. The quantitative estimate of drug-likeness (QED) is 0.392. The lowest BCUT2D eigenvalue weighted by Gasteiger charge is -2.41. The van der Waals surface area contributed by atoms with Crippen LogP contribution in [-0.2, 0) is 0 Å². The van der Waals surface area contributed by atoms with Gasteiger partial charge < -0.3 is 15.1 Å². The molecule has 1 unspecified atom stereocenters. The van der Waals surface area contributed by atoms with Crippen molar-refractivity contribution in [2.45, 2.75) is 25.4 Å². The number of carbonyl (C=O) groups is 2. The van der Waals surface area contributed by atoms with E-state index in [1.807, 2.05) is 65.3 Å². The summed E-state index contributed by atoms with van der Waals surface area (Å²) in [5.74, 6) is -0.114. The van der Waals surface area contributed by atoms with E-state index in [2.05, 4.69) is 11.4 Å². The molecule has 6 rings (SSSR count). The summed E-state index contributed by atoms with van der Waals surface area (Å²) < 4.78 is 14.8. The molecule has 2 aliphatic heterocycles. The first-order valence-corrected chi connectivity index (χ1v) is 13.5. The van der Waals surface area contributed by atoms with E-state index in [-0.39, 0.29) is 29.7 Å². The highest BCUT2D eigenvalue weighted by Gasteiger charge is 2.36. The van der Waals surface area contributed by atoms with Gasteiger partial charge >= 0.3 is 0 Å². The summed E-state index contributed by atoms with van der Waals surface area (Å²) in [5.41, 5.74) is 3.47. The first kappa shape index (κ1) is 23.8. The van der Waals surface area contributed by atoms with Crippen molar-refractivity contribution in [2.24, 2.45) is 0 Å². The van der Waals surface area contributed by atoms with Crippen LogP contribution >= 0.6 is 11.3 Å². The molecule has 2 aliphatic rings. The van der Waals surface area contributed by atoms with Gasteiger partial charge in [-0.15, -0.1) is 11.3 Å². The van der Waals surface area contributed by atoms with Crippen molar-refractivity contribution in [1.29, 1.82) is 0 Å². The number of hydrogen-bond donors (Lipinski definition) is 1. The second-order valence-electron chi connectivity index (χ2n) is 9.95. The van der Waals surface area contributed by atoms with E-state index in [0.717, 1.165) is 50.2 Å². The molecule has 0 aliphatic carbocycles. The molecule has 1 N–H and O–H groups in total. The fourth-order valence-corrected chi connectivity index (χ4v) is 6.50. The van der Waals surface area contributed by atoms with Crippen molar-refractivity contribution >= 4 is 33.2 Å². The SMILES string of the molecule is Cc1c(C(=O)N2CC(NC3CCN(C(=O)c4ccccc4)C3)C2)sc2ccc(-c3cccc(F)c3)cc12. The monoisotopic (exact) mass is 513 g/mol. The number of nitrogens with zero attached hydrogens (tertiary/aromatic N) is 2. The topological polar surface area (TPSA) is 52.7 Å². The van der Waals surface area contributed by atoms with Gasteiger partial charge in [0.2, 0.25) is 0 Å². The smallest absolute Gasteiger partial charge is 0.264 e. The van der Waals surface area contributed by atoms with Crippen LogP contribution in [0.4, 0.5) is 4.39 Å². The van der Waals surface area contributed by atoms with E-state index in [4.69, 9.17) is 0 Å². The van der Waals surface area contributed by atoms with Crippen LogP contribution in [0.1, 0.15) is 32.0 Å². The fraction of sp³-hybridized carbons (Fsp3) is 0.267. The Morgan fingerprint density at radius 1 is 0.865 bits per heavy atom. The number of nitrogens with one attached hydrogen (secondary N) is 1. The van der Waals surface area contributed by atoms with Crippen LogP contribution in [0.2, 0.25) is 0 Å². The van der Waals surface area contributed by atoms with Crippen molar-refractivity contribution in [3.8, 4) is 11.1 Å². The van der Waals surface area contributed by atoms with Gasteiger partial charge in [-0.3, -0.25) is 9.59 Å². The zero-order chi connectivity index (χ0) is 25.5. The van der Waals surface area contributed by atoms with E-state index in [9.17, 15) is 14.0 Å². The Morgan fingerprint density at radius 3 is 2.41 bits per heavy atom. The third kappa shape index (κ3) is 4.65. The number of benzene rings is 3. The maximum Gasteiger partial charge on any atom is 0.264 e. The molecule has 2 saturated heterocycles.